The van der Waals surface area contributed by atoms with E-state index in [0.29, 0.717) is 23.7 Å². The van der Waals surface area contributed by atoms with Crippen LogP contribution in [0, 0.1) is 23.7 Å². The Kier molecular flexibility index (Phi) is 9.25. The van der Waals surface area contributed by atoms with Crippen molar-refractivity contribution >= 4 is 32.6 Å². The molecule has 2 aromatic heterocycles. The van der Waals surface area contributed by atoms with Gasteiger partial charge in [-0.15, -0.1) is 0 Å². The highest BCUT2D eigenvalue weighted by atomic mass is 16.3. The number of para-hydroxylation sites is 2. The van der Waals surface area contributed by atoms with Gasteiger partial charge in [-0.1, -0.05) is 74.5 Å². The van der Waals surface area contributed by atoms with E-state index in [-0.39, 0.29) is 12.1 Å². The van der Waals surface area contributed by atoms with Gasteiger partial charge in [0.15, 0.2) is 0 Å². The summed E-state index contributed by atoms with van der Waals surface area (Å²) in [5.74, 6) is 2.78. The summed E-state index contributed by atoms with van der Waals surface area (Å²) in [5.41, 5.74) is 6.72. The molecule has 6 aromatic rings. The molecule has 0 amide bonds. The van der Waals surface area contributed by atoms with Crippen molar-refractivity contribution in [2.45, 2.75) is 89.8 Å². The normalized spacial score (nSPS) is 30.9. The number of hydrogen-bond donors (Lipinski definition) is 2. The highest BCUT2D eigenvalue weighted by molar-refractivity contribution is 5.84. The second-order valence-corrected chi connectivity index (χ2v) is 18.3. The average molecular weight is 747 g/mol. The van der Waals surface area contributed by atoms with Crippen LogP contribution in [0.5, 0.6) is 0 Å². The van der Waals surface area contributed by atoms with Crippen LogP contribution in [0.1, 0.15) is 86.8 Å². The molecule has 6 aliphatic rings. The van der Waals surface area contributed by atoms with E-state index in [4.69, 9.17) is 0 Å². The number of rotatable bonds is 10. The van der Waals surface area contributed by atoms with E-state index in [9.17, 15) is 10.2 Å². The van der Waals surface area contributed by atoms with Gasteiger partial charge in [0.1, 0.15) is 37.4 Å². The predicted octanol–water partition coefficient (Wildman–Crippen LogP) is 9.67. The first-order chi connectivity index (χ1) is 27.4. The van der Waals surface area contributed by atoms with Crippen LogP contribution < -0.4 is 0 Å². The molecule has 6 nitrogen and oxygen atoms in total. The minimum absolute atomic E-state index is 0.162. The van der Waals surface area contributed by atoms with E-state index in [1.165, 1.54) is 47.6 Å². The SMILES string of the molecule is CC[C@H]1C[N@+]2(Cc3ccc4ccc(C[N@@+]56CC[C@@H](C[C@@H]5[C@H](O)c5ccnc7ccccc57)[C@@H](CC)C6)cc4c3)CC[C@H]1C[C@@H]2[C@H](O)c1ccnc2ccccc12. The van der Waals surface area contributed by atoms with Crippen LogP contribution in [-0.2, 0) is 13.1 Å². The maximum atomic E-state index is 12.3. The number of fused-ring (bicyclic) bond motifs is 9. The molecule has 6 heteroatoms. The van der Waals surface area contributed by atoms with Crippen LogP contribution in [0.15, 0.2) is 109 Å². The quantitative estimate of drug-likeness (QED) is 0.137. The fraction of sp³-hybridized carbons (Fsp3) is 0.440. The molecule has 6 saturated heterocycles. The van der Waals surface area contributed by atoms with Gasteiger partial charge in [-0.2, -0.15) is 0 Å². The summed E-state index contributed by atoms with van der Waals surface area (Å²) in [6.45, 7) is 11.2. The number of pyridine rings is 2. The van der Waals surface area contributed by atoms with Crippen molar-refractivity contribution < 1.29 is 19.2 Å². The molecular weight excluding hydrogens is 689 g/mol. The van der Waals surface area contributed by atoms with E-state index in [1.54, 1.807) is 0 Å². The third-order valence-corrected chi connectivity index (χ3v) is 15.7. The van der Waals surface area contributed by atoms with Gasteiger partial charge < -0.3 is 19.2 Å². The zero-order valence-corrected chi connectivity index (χ0v) is 33.2. The Bertz CT molecular complexity index is 2220. The van der Waals surface area contributed by atoms with Crippen molar-refractivity contribution in [2.24, 2.45) is 23.7 Å². The van der Waals surface area contributed by atoms with E-state index in [0.717, 1.165) is 94.0 Å². The highest BCUT2D eigenvalue weighted by Gasteiger charge is 2.55. The molecular formula is C50H58N4O2+2. The first-order valence-electron chi connectivity index (χ1n) is 21.6. The minimum Gasteiger partial charge on any atom is -0.382 e. The number of aliphatic hydroxyl groups is 2. The maximum Gasteiger partial charge on any atom is 0.131 e. The van der Waals surface area contributed by atoms with Crippen molar-refractivity contribution in [1.82, 2.24) is 9.97 Å². The van der Waals surface area contributed by atoms with Crippen molar-refractivity contribution in [2.75, 3.05) is 26.2 Å². The van der Waals surface area contributed by atoms with Crippen molar-refractivity contribution in [3.05, 3.63) is 132 Å². The number of hydrogen-bond acceptors (Lipinski definition) is 4. The zero-order chi connectivity index (χ0) is 38.0. The van der Waals surface area contributed by atoms with Crippen LogP contribution in [0.2, 0.25) is 0 Å². The molecule has 4 aromatic carbocycles. The largest absolute Gasteiger partial charge is 0.382 e. The Morgan fingerprint density at radius 3 is 1.52 bits per heavy atom. The summed E-state index contributed by atoms with van der Waals surface area (Å²) in [4.78, 5) is 9.25. The van der Waals surface area contributed by atoms with Gasteiger partial charge in [-0.05, 0) is 83.0 Å². The summed E-state index contributed by atoms with van der Waals surface area (Å²) in [7, 11) is 0. The summed E-state index contributed by atoms with van der Waals surface area (Å²) in [6, 6.07) is 35.3. The summed E-state index contributed by atoms with van der Waals surface area (Å²) in [5, 5.41) is 29.4. The van der Waals surface area contributed by atoms with Gasteiger partial charge in [0.25, 0.3) is 0 Å². The molecule has 12 rings (SSSR count). The highest BCUT2D eigenvalue weighted by Crippen LogP contribution is 2.50. The first kappa shape index (κ1) is 36.2. The van der Waals surface area contributed by atoms with Gasteiger partial charge in [-0.25, -0.2) is 0 Å². The van der Waals surface area contributed by atoms with Crippen LogP contribution in [0.4, 0.5) is 0 Å². The lowest BCUT2D eigenvalue weighted by molar-refractivity contribution is -0.985. The van der Waals surface area contributed by atoms with Crippen molar-refractivity contribution in [3.8, 4) is 0 Å². The van der Waals surface area contributed by atoms with E-state index in [2.05, 4.69) is 109 Å². The van der Waals surface area contributed by atoms with Gasteiger partial charge in [0, 0.05) is 71.8 Å². The van der Waals surface area contributed by atoms with Gasteiger partial charge >= 0.3 is 0 Å². The van der Waals surface area contributed by atoms with E-state index < -0.39 is 12.2 Å². The summed E-state index contributed by atoms with van der Waals surface area (Å²) < 4.78 is 1.92. The minimum atomic E-state index is -0.529. The van der Waals surface area contributed by atoms with Crippen LogP contribution in [0.25, 0.3) is 32.6 Å². The van der Waals surface area contributed by atoms with Gasteiger partial charge in [0.2, 0.25) is 0 Å². The molecule has 0 spiro atoms. The molecule has 8 heterocycles. The molecule has 6 aliphatic heterocycles. The van der Waals surface area contributed by atoms with Gasteiger partial charge in [-0.3, -0.25) is 9.97 Å². The predicted molar refractivity (Wildman–Crippen MR) is 225 cm³/mol. The molecule has 288 valence electrons. The number of benzene rings is 4. The first-order valence-corrected chi connectivity index (χ1v) is 21.6. The fourth-order valence-corrected chi connectivity index (χ4v) is 12.8. The van der Waals surface area contributed by atoms with Crippen LogP contribution in [-0.4, -0.2) is 67.4 Å². The topological polar surface area (TPSA) is 66.2 Å². The standard InChI is InChI=1S/C50H58N4O2/c1-3-35-31-53(23-19-38(35)27-47(53)49(55)43-17-21-51-45-11-7-5-9-41(43)45)29-33-13-15-37-16-14-34(26-40(37)25-33)30-54-24-20-39(36(4-2)32-54)28-48(54)50(56)44-18-22-52-46-12-8-6-10-42(44)46/h5-18,21-22,25-26,35-36,38-39,47-50,55-56H,3-4,19-20,23-24,27-32H2,1-2H3/q+2/t35-,36-,38-,39-,47+,48+,49+,50+,53+,54+/m0/s1. The molecule has 0 radical (unpaired) electrons. The number of nitrogens with zero attached hydrogens (tertiary/aromatic N) is 4. The lowest BCUT2D eigenvalue weighted by Gasteiger charge is -2.58. The summed E-state index contributed by atoms with van der Waals surface area (Å²) in [6.07, 6.45) is 9.77. The Labute approximate surface area is 332 Å². The summed E-state index contributed by atoms with van der Waals surface area (Å²) >= 11 is 0. The number of piperidine rings is 6. The maximum absolute atomic E-state index is 12.3. The molecule has 0 saturated carbocycles. The molecule has 2 N–H and O–H groups in total. The molecule has 0 aliphatic carbocycles. The Morgan fingerprint density at radius 1 is 0.589 bits per heavy atom. The average Bonchev–Trinajstić information content (AvgIpc) is 3.25. The van der Waals surface area contributed by atoms with Crippen molar-refractivity contribution in [1.29, 1.82) is 0 Å². The third-order valence-electron chi connectivity index (χ3n) is 15.7. The van der Waals surface area contributed by atoms with Gasteiger partial charge in [0.05, 0.1) is 37.2 Å². The second-order valence-electron chi connectivity index (χ2n) is 18.3. The number of quaternary nitrogens is 2. The zero-order valence-electron chi connectivity index (χ0n) is 33.2. The molecule has 6 fully saturated rings. The monoisotopic (exact) mass is 746 g/mol. The molecule has 4 bridgehead atoms. The Balaban J connectivity index is 0.970. The molecule has 10 atom stereocenters. The molecule has 0 unspecified atom stereocenters. The van der Waals surface area contributed by atoms with Crippen LogP contribution >= 0.6 is 0 Å². The lowest BCUT2D eigenvalue weighted by Crippen LogP contribution is -2.67. The number of aliphatic hydroxyl groups excluding tert-OH is 2. The van der Waals surface area contributed by atoms with Crippen molar-refractivity contribution in [3.63, 3.8) is 0 Å². The third kappa shape index (κ3) is 6.07. The smallest absolute Gasteiger partial charge is 0.131 e. The molecule has 56 heavy (non-hydrogen) atoms. The fourth-order valence-electron chi connectivity index (χ4n) is 12.8. The Hall–Kier alpha value is -4.20. The Morgan fingerprint density at radius 2 is 1.05 bits per heavy atom. The lowest BCUT2D eigenvalue weighted by atomic mass is 9.70. The van der Waals surface area contributed by atoms with E-state index >= 15 is 0 Å². The van der Waals surface area contributed by atoms with Crippen LogP contribution in [0.3, 0.4) is 0 Å². The van der Waals surface area contributed by atoms with E-state index in [1.807, 2.05) is 24.5 Å². The second kappa shape index (κ2) is 14.3. The number of aromatic nitrogens is 2.